The van der Waals surface area contributed by atoms with Gasteiger partial charge in [-0.3, -0.25) is 4.79 Å². The van der Waals surface area contributed by atoms with Crippen molar-refractivity contribution in [3.63, 3.8) is 0 Å². The predicted molar refractivity (Wildman–Crippen MR) is 92.1 cm³/mol. The second-order valence-electron chi connectivity index (χ2n) is 6.57. The number of rotatable bonds is 3. The fourth-order valence-electron chi connectivity index (χ4n) is 2.83. The Morgan fingerprint density at radius 3 is 2.86 bits per heavy atom. The zero-order chi connectivity index (χ0) is 15.8. The molecule has 2 rings (SSSR count). The highest BCUT2D eigenvalue weighted by Gasteiger charge is 2.49. The third kappa shape index (κ3) is 3.36. The summed E-state index contributed by atoms with van der Waals surface area (Å²) in [4.78, 5) is 15.4. The lowest BCUT2D eigenvalue weighted by Gasteiger charge is -2.32. The Labute approximate surface area is 136 Å². The smallest absolute Gasteiger partial charge is 0.247 e. The van der Waals surface area contributed by atoms with Crippen LogP contribution in [0.5, 0.6) is 0 Å². The van der Waals surface area contributed by atoms with E-state index in [4.69, 9.17) is 18.0 Å². The number of nitrogens with two attached hydrogens (primary N) is 1. The number of hydrogen-bond donors (Lipinski definition) is 3. The first kappa shape index (κ1) is 17.0. The van der Waals surface area contributed by atoms with Crippen LogP contribution >= 0.6 is 24.0 Å². The van der Waals surface area contributed by atoms with Crippen molar-refractivity contribution >= 4 is 34.9 Å². The number of amides is 1. The minimum atomic E-state index is -0.259. The van der Waals surface area contributed by atoms with Gasteiger partial charge in [-0.1, -0.05) is 26.1 Å². The van der Waals surface area contributed by atoms with E-state index in [-0.39, 0.29) is 34.9 Å². The molecule has 120 valence electrons. The molecule has 2 fully saturated rings. The second-order valence-corrected chi connectivity index (χ2v) is 8.29. The first-order valence-electron chi connectivity index (χ1n) is 7.45. The van der Waals surface area contributed by atoms with Gasteiger partial charge in [-0.25, -0.2) is 0 Å². The van der Waals surface area contributed by atoms with Crippen LogP contribution in [0.4, 0.5) is 0 Å². The lowest BCUT2D eigenvalue weighted by molar-refractivity contribution is -0.135. The summed E-state index contributed by atoms with van der Waals surface area (Å²) in [5.74, 6) is 1.04. The highest BCUT2D eigenvalue weighted by molar-refractivity contribution is 7.99. The summed E-state index contributed by atoms with van der Waals surface area (Å²) < 4.78 is 0. The van der Waals surface area contributed by atoms with E-state index in [2.05, 4.69) is 24.5 Å². The molecule has 4 N–H and O–H groups in total. The van der Waals surface area contributed by atoms with E-state index in [1.54, 1.807) is 0 Å². The van der Waals surface area contributed by atoms with Crippen LogP contribution in [0, 0.1) is 5.41 Å². The molecule has 5 nitrogen and oxygen atoms in total. The summed E-state index contributed by atoms with van der Waals surface area (Å²) >= 11 is 7.20. The Morgan fingerprint density at radius 2 is 2.24 bits per heavy atom. The molecule has 0 radical (unpaired) electrons. The van der Waals surface area contributed by atoms with Crippen molar-refractivity contribution in [2.24, 2.45) is 11.1 Å². The van der Waals surface area contributed by atoms with Crippen molar-refractivity contribution in [2.45, 2.75) is 57.2 Å². The summed E-state index contributed by atoms with van der Waals surface area (Å²) in [6.07, 6.45) is 1.52. The largest absolute Gasteiger partial charge is 0.367 e. The molecule has 0 aromatic rings. The van der Waals surface area contributed by atoms with Gasteiger partial charge in [-0.2, -0.15) is 0 Å². The van der Waals surface area contributed by atoms with Crippen molar-refractivity contribution in [2.75, 3.05) is 12.8 Å². The molecule has 0 aromatic carbocycles. The fraction of sp³-hybridized carbons (Fsp3) is 0.857. The van der Waals surface area contributed by atoms with Crippen LogP contribution in [-0.2, 0) is 4.79 Å². The van der Waals surface area contributed by atoms with E-state index >= 15 is 0 Å². The molecule has 0 saturated carbocycles. The molecular weight excluding hydrogens is 304 g/mol. The molecule has 0 aliphatic carbocycles. The summed E-state index contributed by atoms with van der Waals surface area (Å²) in [7, 11) is 1.86. The number of hydrogen-bond acceptors (Lipinski definition) is 5. The van der Waals surface area contributed by atoms with Gasteiger partial charge in [0.05, 0.1) is 22.6 Å². The molecule has 2 aliphatic rings. The van der Waals surface area contributed by atoms with Gasteiger partial charge in [0.1, 0.15) is 6.04 Å². The first-order chi connectivity index (χ1) is 9.77. The first-order valence-corrected chi connectivity index (χ1v) is 8.90. The van der Waals surface area contributed by atoms with Crippen LogP contribution in [0.15, 0.2) is 0 Å². The Kier molecular flexibility index (Phi) is 5.18. The number of thioether (sulfide) groups is 1. The maximum absolute atomic E-state index is 12.9. The zero-order valence-electron chi connectivity index (χ0n) is 13.2. The lowest BCUT2D eigenvalue weighted by Crippen LogP contribution is -2.56. The fourth-order valence-corrected chi connectivity index (χ4v) is 4.68. The molecule has 0 unspecified atom stereocenters. The molecular formula is C14H26N4OS2. The average Bonchev–Trinajstić information content (AvgIpc) is 2.55. The van der Waals surface area contributed by atoms with Crippen LogP contribution < -0.4 is 16.4 Å². The van der Waals surface area contributed by atoms with E-state index in [0.717, 1.165) is 18.6 Å². The summed E-state index contributed by atoms with van der Waals surface area (Å²) in [6.45, 7) is 6.26. The third-order valence-corrected chi connectivity index (χ3v) is 6.24. The number of fused-ring (bicyclic) bond motifs is 1. The van der Waals surface area contributed by atoms with Crippen molar-refractivity contribution in [1.29, 1.82) is 0 Å². The monoisotopic (exact) mass is 330 g/mol. The minimum Gasteiger partial charge on any atom is -0.367 e. The van der Waals surface area contributed by atoms with Gasteiger partial charge in [0.2, 0.25) is 5.91 Å². The van der Waals surface area contributed by atoms with Gasteiger partial charge in [0.25, 0.3) is 0 Å². The van der Waals surface area contributed by atoms with Gasteiger partial charge in [0.15, 0.2) is 0 Å². The van der Waals surface area contributed by atoms with Gasteiger partial charge < -0.3 is 21.3 Å². The Balaban J connectivity index is 2.12. The minimum absolute atomic E-state index is 0.0337. The Bertz CT molecular complexity index is 429. The number of nitrogens with zero attached hydrogens (tertiary/aromatic N) is 1. The van der Waals surface area contributed by atoms with Crippen molar-refractivity contribution in [3.8, 4) is 0 Å². The van der Waals surface area contributed by atoms with Crippen molar-refractivity contribution < 1.29 is 4.79 Å². The van der Waals surface area contributed by atoms with E-state index in [0.29, 0.717) is 4.99 Å². The van der Waals surface area contributed by atoms with Gasteiger partial charge in [-0.05, 0) is 32.6 Å². The molecule has 1 amide bonds. The molecule has 0 aromatic heterocycles. The molecule has 0 bridgehead atoms. The average molecular weight is 331 g/mol. The molecule has 21 heavy (non-hydrogen) atoms. The Morgan fingerprint density at radius 1 is 1.57 bits per heavy atom. The highest BCUT2D eigenvalue weighted by atomic mass is 32.2. The number of thiocarbonyl (C=S) groups is 1. The van der Waals surface area contributed by atoms with Gasteiger partial charge >= 0.3 is 0 Å². The molecule has 4 atom stereocenters. The van der Waals surface area contributed by atoms with Crippen LogP contribution in [0.1, 0.15) is 33.6 Å². The molecule has 2 saturated heterocycles. The molecule has 2 aliphatic heterocycles. The van der Waals surface area contributed by atoms with Crippen LogP contribution in [0.3, 0.4) is 0 Å². The van der Waals surface area contributed by atoms with Crippen molar-refractivity contribution in [3.05, 3.63) is 0 Å². The van der Waals surface area contributed by atoms with E-state index in [1.165, 1.54) is 0 Å². The topological polar surface area (TPSA) is 70.4 Å². The van der Waals surface area contributed by atoms with E-state index in [1.807, 2.05) is 30.6 Å². The highest BCUT2D eigenvalue weighted by Crippen LogP contribution is 2.44. The molecule has 7 heteroatoms. The maximum atomic E-state index is 12.9. The van der Waals surface area contributed by atoms with Crippen LogP contribution in [0.2, 0.25) is 0 Å². The van der Waals surface area contributed by atoms with Crippen LogP contribution in [-0.4, -0.2) is 52.2 Å². The molecule has 2 heterocycles. The summed E-state index contributed by atoms with van der Waals surface area (Å²) in [5, 5.41) is 6.52. The normalized spacial score (nSPS) is 33.3. The van der Waals surface area contributed by atoms with E-state index in [9.17, 15) is 4.79 Å². The van der Waals surface area contributed by atoms with Gasteiger partial charge in [0, 0.05) is 5.41 Å². The predicted octanol–water partition coefficient (Wildman–Crippen LogP) is 0.886. The zero-order valence-corrected chi connectivity index (χ0v) is 14.8. The van der Waals surface area contributed by atoms with E-state index < -0.39 is 0 Å². The van der Waals surface area contributed by atoms with Crippen LogP contribution in [0.25, 0.3) is 0 Å². The second kappa shape index (κ2) is 6.40. The number of carbonyl (C=O) groups is 1. The Hall–Kier alpha value is -0.370. The standard InChI is InChI=1S/C14H26N4OS2/c1-8(16-4)11(20)17-9-5-6-21-10-7-14(2,3)13(15)18(10)12(9)19/h8-10,13,16H,5-7,15H2,1-4H3,(H,17,20)/t8-,9-,10-,13-/m0/s1. The number of nitrogens with one attached hydrogen (secondary N) is 2. The quantitative estimate of drug-likeness (QED) is 0.668. The van der Waals surface area contributed by atoms with Crippen molar-refractivity contribution in [1.82, 2.24) is 15.5 Å². The SMILES string of the molecule is CN[C@@H](C)C(=S)N[C@H]1CCS[C@H]2CC(C)(C)[C@@H](N)N2C1=O. The molecule has 0 spiro atoms. The summed E-state index contributed by atoms with van der Waals surface area (Å²) in [6, 6.07) is -0.200. The number of likely N-dealkylation sites (N-methyl/N-ethyl adjacent to an activating group) is 1. The summed E-state index contributed by atoms with van der Waals surface area (Å²) in [5.41, 5.74) is 6.29. The van der Waals surface area contributed by atoms with Gasteiger partial charge in [-0.15, -0.1) is 11.8 Å². The lowest BCUT2D eigenvalue weighted by atomic mass is 9.90. The maximum Gasteiger partial charge on any atom is 0.247 e. The third-order valence-electron chi connectivity index (χ3n) is 4.52. The number of carbonyl (C=O) groups excluding carboxylic acids is 1.